The Hall–Kier alpha value is -1.83. The minimum absolute atomic E-state index is 0.199. The van der Waals surface area contributed by atoms with Gasteiger partial charge in [-0.05, 0) is 12.8 Å². The number of methoxy groups -OCH3 is 1. The smallest absolute Gasteiger partial charge is 0.319 e. The van der Waals surface area contributed by atoms with Crippen molar-refractivity contribution in [3.63, 3.8) is 0 Å². The lowest BCUT2D eigenvalue weighted by Crippen LogP contribution is -2.18. The van der Waals surface area contributed by atoms with E-state index in [1.54, 1.807) is 10.5 Å². The van der Waals surface area contributed by atoms with Crippen molar-refractivity contribution in [1.82, 2.24) is 19.6 Å². The largest absolute Gasteiger partial charge is 0.468 e. The van der Waals surface area contributed by atoms with Crippen LogP contribution in [0.1, 0.15) is 32.4 Å². The summed E-state index contributed by atoms with van der Waals surface area (Å²) in [6, 6.07) is 1.54. The Kier molecular flexibility index (Phi) is 5.00. The molecular formula is C13H18N4O3S. The molecule has 2 aromatic rings. The molecule has 0 saturated carbocycles. The van der Waals surface area contributed by atoms with Crippen LogP contribution in [0.2, 0.25) is 0 Å². The summed E-state index contributed by atoms with van der Waals surface area (Å²) in [5.74, 6) is 0.105. The fourth-order valence-corrected chi connectivity index (χ4v) is 3.06. The molecule has 0 fully saturated rings. The van der Waals surface area contributed by atoms with E-state index < -0.39 is 0 Å². The van der Waals surface area contributed by atoms with Crippen LogP contribution in [0.4, 0.5) is 0 Å². The van der Waals surface area contributed by atoms with Gasteiger partial charge in [-0.15, -0.1) is 10.2 Å². The van der Waals surface area contributed by atoms with Gasteiger partial charge in [0, 0.05) is 11.8 Å². The Bertz CT molecular complexity index is 694. The molecule has 1 N–H and O–H groups in total. The highest BCUT2D eigenvalue weighted by Gasteiger charge is 2.22. The van der Waals surface area contributed by atoms with Crippen molar-refractivity contribution in [1.29, 1.82) is 0 Å². The molecule has 2 rings (SSSR count). The summed E-state index contributed by atoms with van der Waals surface area (Å²) in [5.41, 5.74) is 0.637. The van der Waals surface area contributed by atoms with Crippen LogP contribution in [0.25, 0.3) is 5.78 Å². The first-order chi connectivity index (χ1) is 10.1. The number of hydrogen-bond donors (Lipinski definition) is 1. The molecule has 1 atom stereocenters. The topological polar surface area (TPSA) is 89.4 Å². The van der Waals surface area contributed by atoms with E-state index in [-0.39, 0.29) is 16.8 Å². The van der Waals surface area contributed by atoms with E-state index in [1.165, 1.54) is 18.9 Å². The number of thioether (sulfide) groups is 1. The summed E-state index contributed by atoms with van der Waals surface area (Å²) in [5, 5.41) is 8.30. The minimum atomic E-state index is -0.344. The molecule has 7 nitrogen and oxygen atoms in total. The van der Waals surface area contributed by atoms with Crippen molar-refractivity contribution in [2.75, 3.05) is 7.11 Å². The number of hydrogen-bond acceptors (Lipinski definition) is 6. The van der Waals surface area contributed by atoms with Crippen molar-refractivity contribution >= 4 is 23.5 Å². The van der Waals surface area contributed by atoms with Crippen molar-refractivity contribution in [3.8, 4) is 0 Å². The quantitative estimate of drug-likeness (QED) is 0.641. The van der Waals surface area contributed by atoms with Gasteiger partial charge in [0.1, 0.15) is 5.25 Å². The van der Waals surface area contributed by atoms with Gasteiger partial charge in [-0.25, -0.2) is 0 Å². The Labute approximate surface area is 126 Å². The number of carbonyl (C=O) groups excluding carboxylic acids is 1. The molecule has 8 heteroatoms. The fourth-order valence-electron chi connectivity index (χ4n) is 2.05. The standard InChI is InChI=1S/C13H18N4O3S/c1-4-6-8-7-10(18)14-12-15-16-13(17(8)12)21-9(5-2)11(19)20-3/h7,9H,4-6H2,1-3H3,(H,14,15,18). The van der Waals surface area contributed by atoms with Crippen LogP contribution in [0, 0.1) is 0 Å². The van der Waals surface area contributed by atoms with E-state index in [0.29, 0.717) is 17.4 Å². The molecule has 21 heavy (non-hydrogen) atoms. The predicted octanol–water partition coefficient (Wildman–Crippen LogP) is 1.41. The zero-order chi connectivity index (χ0) is 15.4. The van der Waals surface area contributed by atoms with E-state index in [2.05, 4.69) is 15.2 Å². The maximum atomic E-state index is 11.7. The predicted molar refractivity (Wildman–Crippen MR) is 79.6 cm³/mol. The minimum Gasteiger partial charge on any atom is -0.468 e. The monoisotopic (exact) mass is 310 g/mol. The first-order valence-corrected chi connectivity index (χ1v) is 7.70. The van der Waals surface area contributed by atoms with E-state index in [0.717, 1.165) is 18.5 Å². The van der Waals surface area contributed by atoms with Crippen LogP contribution in [0.5, 0.6) is 0 Å². The molecule has 0 aliphatic carbocycles. The van der Waals surface area contributed by atoms with Crippen LogP contribution in [0.15, 0.2) is 16.0 Å². The third-order valence-corrected chi connectivity index (χ3v) is 4.33. The summed E-state index contributed by atoms with van der Waals surface area (Å²) < 4.78 is 6.58. The lowest BCUT2D eigenvalue weighted by Gasteiger charge is -2.11. The number of ether oxygens (including phenoxy) is 1. The Balaban J connectivity index is 2.45. The molecule has 0 spiro atoms. The number of H-pyrrole nitrogens is 1. The molecule has 0 aliphatic rings. The SMILES string of the molecule is CCCc1cc(=O)[nH]c2nnc(SC(CC)C(=O)OC)n12. The summed E-state index contributed by atoms with van der Waals surface area (Å²) in [6.07, 6.45) is 2.26. The number of aromatic amines is 1. The first kappa shape index (κ1) is 15.6. The molecule has 114 valence electrons. The summed E-state index contributed by atoms with van der Waals surface area (Å²) in [6.45, 7) is 3.94. The Morgan fingerprint density at radius 1 is 1.48 bits per heavy atom. The van der Waals surface area contributed by atoms with Gasteiger partial charge in [-0.1, -0.05) is 32.0 Å². The number of nitrogens with zero attached hydrogens (tertiary/aromatic N) is 3. The van der Waals surface area contributed by atoms with Crippen LogP contribution in [-0.2, 0) is 16.0 Å². The van der Waals surface area contributed by atoms with Crippen LogP contribution < -0.4 is 5.56 Å². The molecule has 0 bridgehead atoms. The second-order valence-electron chi connectivity index (χ2n) is 4.55. The fraction of sp³-hybridized carbons (Fsp3) is 0.538. The number of carbonyl (C=O) groups is 1. The highest BCUT2D eigenvalue weighted by atomic mass is 32.2. The van der Waals surface area contributed by atoms with Gasteiger partial charge in [0.15, 0.2) is 5.16 Å². The Morgan fingerprint density at radius 2 is 2.24 bits per heavy atom. The number of nitrogens with one attached hydrogen (secondary N) is 1. The van der Waals surface area contributed by atoms with Crippen LogP contribution >= 0.6 is 11.8 Å². The molecule has 0 saturated heterocycles. The molecule has 0 aromatic carbocycles. The van der Waals surface area contributed by atoms with Gasteiger partial charge in [0.25, 0.3) is 5.56 Å². The summed E-state index contributed by atoms with van der Waals surface area (Å²) in [4.78, 5) is 26.0. The average Bonchev–Trinajstić information content (AvgIpc) is 2.87. The van der Waals surface area contributed by atoms with Gasteiger partial charge in [-0.3, -0.25) is 19.0 Å². The summed E-state index contributed by atoms with van der Waals surface area (Å²) >= 11 is 1.30. The van der Waals surface area contributed by atoms with Gasteiger partial charge < -0.3 is 4.74 Å². The maximum Gasteiger partial charge on any atom is 0.319 e. The van der Waals surface area contributed by atoms with Crippen molar-refractivity contribution < 1.29 is 9.53 Å². The molecule has 0 radical (unpaired) electrons. The molecule has 0 amide bonds. The van der Waals surface area contributed by atoms with E-state index in [9.17, 15) is 9.59 Å². The van der Waals surface area contributed by atoms with E-state index >= 15 is 0 Å². The lowest BCUT2D eigenvalue weighted by molar-refractivity contribution is -0.140. The maximum absolute atomic E-state index is 11.7. The van der Waals surface area contributed by atoms with Crippen LogP contribution in [-0.4, -0.2) is 37.9 Å². The summed E-state index contributed by atoms with van der Waals surface area (Å²) in [7, 11) is 1.37. The number of aromatic nitrogens is 4. The average molecular weight is 310 g/mol. The lowest BCUT2D eigenvalue weighted by atomic mass is 10.2. The second-order valence-corrected chi connectivity index (χ2v) is 5.72. The highest BCUT2D eigenvalue weighted by molar-refractivity contribution is 8.00. The Morgan fingerprint density at radius 3 is 2.86 bits per heavy atom. The molecule has 0 aliphatic heterocycles. The van der Waals surface area contributed by atoms with E-state index in [1.807, 2.05) is 13.8 Å². The normalized spacial score (nSPS) is 12.5. The zero-order valence-corrected chi connectivity index (χ0v) is 13.1. The van der Waals surface area contributed by atoms with E-state index in [4.69, 9.17) is 4.74 Å². The number of esters is 1. The molecule has 2 aromatic heterocycles. The van der Waals surface area contributed by atoms with Crippen LogP contribution in [0.3, 0.4) is 0 Å². The van der Waals surface area contributed by atoms with Gasteiger partial charge >= 0.3 is 5.97 Å². The third kappa shape index (κ3) is 3.26. The van der Waals surface area contributed by atoms with Crippen molar-refractivity contribution in [2.24, 2.45) is 0 Å². The van der Waals surface area contributed by atoms with Gasteiger partial charge in [0.05, 0.1) is 7.11 Å². The third-order valence-electron chi connectivity index (χ3n) is 3.04. The first-order valence-electron chi connectivity index (χ1n) is 6.82. The van der Waals surface area contributed by atoms with Crippen molar-refractivity contribution in [3.05, 3.63) is 22.1 Å². The number of rotatable bonds is 6. The highest BCUT2D eigenvalue weighted by Crippen LogP contribution is 2.25. The second kappa shape index (κ2) is 6.75. The molecule has 2 heterocycles. The number of fused-ring (bicyclic) bond motifs is 1. The molecule has 1 unspecified atom stereocenters. The van der Waals surface area contributed by atoms with Crippen molar-refractivity contribution in [2.45, 2.75) is 43.5 Å². The zero-order valence-electron chi connectivity index (χ0n) is 12.3. The van der Waals surface area contributed by atoms with Gasteiger partial charge in [-0.2, -0.15) is 0 Å². The number of aryl methyl sites for hydroxylation is 1. The molecular weight excluding hydrogens is 292 g/mol. The van der Waals surface area contributed by atoms with Gasteiger partial charge in [0.2, 0.25) is 5.78 Å².